The molecule has 0 spiro atoms. The summed E-state index contributed by atoms with van der Waals surface area (Å²) in [6.07, 6.45) is 0.858. The van der Waals surface area contributed by atoms with Crippen molar-refractivity contribution in [3.05, 3.63) is 77.0 Å². The number of rotatable bonds is 6. The molecule has 0 bridgehead atoms. The maximum absolute atomic E-state index is 13.1. The second kappa shape index (κ2) is 9.19. The predicted octanol–water partition coefficient (Wildman–Crippen LogP) is 4.01. The first-order valence-corrected chi connectivity index (χ1v) is 11.5. The normalized spacial score (nSPS) is 15.8. The highest BCUT2D eigenvalue weighted by molar-refractivity contribution is 5.98. The number of hydrogen-bond donors (Lipinski definition) is 1. The zero-order chi connectivity index (χ0) is 22.8. The summed E-state index contributed by atoms with van der Waals surface area (Å²) in [6.45, 7) is 7.27. The molecule has 2 aliphatic heterocycles. The van der Waals surface area contributed by atoms with Gasteiger partial charge in [0.15, 0.2) is 0 Å². The average Bonchev–Trinajstić information content (AvgIpc) is 3.18. The Morgan fingerprint density at radius 1 is 1.00 bits per heavy atom. The van der Waals surface area contributed by atoms with Crippen molar-refractivity contribution in [2.45, 2.75) is 32.9 Å². The number of fused-ring (bicyclic) bond motifs is 1. The molecular weight excluding hydrogens is 414 g/mol. The molecule has 0 radical (unpaired) electrons. The monoisotopic (exact) mass is 443 g/mol. The number of benzene rings is 2. The van der Waals surface area contributed by atoms with E-state index in [1.54, 1.807) is 0 Å². The third-order valence-electron chi connectivity index (χ3n) is 6.15. The third kappa shape index (κ3) is 4.54. The van der Waals surface area contributed by atoms with Crippen molar-refractivity contribution in [2.24, 2.45) is 0 Å². The van der Waals surface area contributed by atoms with Gasteiger partial charge in [0.2, 0.25) is 5.95 Å². The Bertz CT molecular complexity index is 1140. The van der Waals surface area contributed by atoms with E-state index in [0.29, 0.717) is 50.3 Å². The first kappa shape index (κ1) is 21.4. The lowest BCUT2D eigenvalue weighted by Crippen LogP contribution is -2.37. The quantitative estimate of drug-likeness (QED) is 0.621. The molecule has 0 saturated carbocycles. The molecule has 5 rings (SSSR count). The van der Waals surface area contributed by atoms with Gasteiger partial charge in [0.1, 0.15) is 11.5 Å². The van der Waals surface area contributed by atoms with Crippen LogP contribution < -0.4 is 10.2 Å². The predicted molar refractivity (Wildman–Crippen MR) is 129 cm³/mol. The second-order valence-corrected chi connectivity index (χ2v) is 8.81. The Labute approximate surface area is 194 Å². The number of amides is 1. The number of nitrogens with one attached hydrogen (secondary N) is 1. The van der Waals surface area contributed by atoms with Crippen LogP contribution in [0.15, 0.2) is 54.6 Å². The molecule has 3 aromatic rings. The minimum atomic E-state index is -0.0298. The van der Waals surface area contributed by atoms with Crippen LogP contribution in [0.2, 0.25) is 0 Å². The first-order chi connectivity index (χ1) is 16.1. The number of carbonyl (C=O) groups is 1. The highest BCUT2D eigenvalue weighted by atomic mass is 16.5. The van der Waals surface area contributed by atoms with Gasteiger partial charge >= 0.3 is 0 Å². The van der Waals surface area contributed by atoms with Gasteiger partial charge in [-0.05, 0) is 43.5 Å². The topological polar surface area (TPSA) is 70.6 Å². The van der Waals surface area contributed by atoms with E-state index in [1.807, 2.05) is 30.9 Å². The van der Waals surface area contributed by atoms with Gasteiger partial charge in [-0.15, -0.1) is 0 Å². The molecule has 0 atom stereocenters. The van der Waals surface area contributed by atoms with Crippen molar-refractivity contribution in [1.82, 2.24) is 14.9 Å². The lowest BCUT2D eigenvalue weighted by atomic mass is 10.0. The Morgan fingerprint density at radius 2 is 1.76 bits per heavy atom. The van der Waals surface area contributed by atoms with Gasteiger partial charge in [-0.1, -0.05) is 42.5 Å². The van der Waals surface area contributed by atoms with E-state index >= 15 is 0 Å². The van der Waals surface area contributed by atoms with Gasteiger partial charge in [0.05, 0.1) is 19.8 Å². The van der Waals surface area contributed by atoms with Crippen molar-refractivity contribution in [3.63, 3.8) is 0 Å². The number of carbonyl (C=O) groups excluding carboxylic acids is 1. The summed E-state index contributed by atoms with van der Waals surface area (Å²) in [4.78, 5) is 26.6. The summed E-state index contributed by atoms with van der Waals surface area (Å²) in [5, 5.41) is 3.50. The summed E-state index contributed by atoms with van der Waals surface area (Å²) in [5.41, 5.74) is 4.80. The fourth-order valence-corrected chi connectivity index (χ4v) is 4.33. The maximum Gasteiger partial charge on any atom is 0.273 e. The minimum absolute atomic E-state index is 0.0298. The summed E-state index contributed by atoms with van der Waals surface area (Å²) in [5.74, 6) is 1.26. The largest absolute Gasteiger partial charge is 0.378 e. The van der Waals surface area contributed by atoms with Crippen molar-refractivity contribution >= 4 is 23.4 Å². The van der Waals surface area contributed by atoms with Gasteiger partial charge in [0, 0.05) is 30.4 Å². The van der Waals surface area contributed by atoms with Crippen LogP contribution in [-0.2, 0) is 17.7 Å². The highest BCUT2D eigenvalue weighted by Gasteiger charge is 2.35. The smallest absolute Gasteiger partial charge is 0.273 e. The molecule has 170 valence electrons. The number of morpholine rings is 1. The number of aromatic nitrogens is 2. The summed E-state index contributed by atoms with van der Waals surface area (Å²) < 4.78 is 5.48. The summed E-state index contributed by atoms with van der Waals surface area (Å²) in [7, 11) is 0. The molecule has 1 saturated heterocycles. The maximum atomic E-state index is 13.1. The molecule has 3 heterocycles. The fourth-order valence-electron chi connectivity index (χ4n) is 4.33. The molecule has 1 fully saturated rings. The van der Waals surface area contributed by atoms with Crippen LogP contribution >= 0.6 is 0 Å². The van der Waals surface area contributed by atoms with E-state index in [9.17, 15) is 4.79 Å². The number of anilines is 3. The molecule has 0 unspecified atom stereocenters. The molecule has 2 aliphatic rings. The fraction of sp³-hybridized carbons (Fsp3) is 0.346. The van der Waals surface area contributed by atoms with Crippen LogP contribution in [0.4, 0.5) is 17.5 Å². The number of nitrogens with zero attached hydrogens (tertiary/aromatic N) is 4. The second-order valence-electron chi connectivity index (χ2n) is 8.81. The van der Waals surface area contributed by atoms with E-state index in [1.165, 1.54) is 11.1 Å². The van der Waals surface area contributed by atoms with Gasteiger partial charge in [-0.3, -0.25) is 4.79 Å². The molecule has 33 heavy (non-hydrogen) atoms. The lowest BCUT2D eigenvalue weighted by Gasteiger charge is -2.27. The molecule has 1 N–H and O–H groups in total. The van der Waals surface area contributed by atoms with Crippen LogP contribution in [-0.4, -0.2) is 53.1 Å². The van der Waals surface area contributed by atoms with Crippen LogP contribution in [0.1, 0.15) is 41.0 Å². The van der Waals surface area contributed by atoms with Gasteiger partial charge in [-0.25, -0.2) is 4.98 Å². The van der Waals surface area contributed by atoms with Crippen LogP contribution in [0.5, 0.6) is 0 Å². The zero-order valence-corrected chi connectivity index (χ0v) is 19.1. The molecular formula is C26H29N5O2. The van der Waals surface area contributed by atoms with E-state index in [-0.39, 0.29) is 11.9 Å². The van der Waals surface area contributed by atoms with Crippen LogP contribution in [0.25, 0.3) is 0 Å². The van der Waals surface area contributed by atoms with Crippen molar-refractivity contribution in [3.8, 4) is 0 Å². The van der Waals surface area contributed by atoms with Crippen molar-refractivity contribution in [2.75, 3.05) is 36.5 Å². The minimum Gasteiger partial charge on any atom is -0.378 e. The standard InChI is InChI=1S/C26H29N5O2/c1-18(2)31-17-22-23(25(31)32)28-26(30-11-13-33-14-12-30)29-24(22)27-21-10-6-9-20(16-21)15-19-7-4-3-5-8-19/h3-10,16,18H,11-15,17H2,1-2H3,(H,27,28,29). The molecule has 1 amide bonds. The molecule has 0 aliphatic carbocycles. The van der Waals surface area contributed by atoms with Gasteiger partial charge in [-0.2, -0.15) is 4.98 Å². The van der Waals surface area contributed by atoms with Crippen LogP contribution in [0.3, 0.4) is 0 Å². The van der Waals surface area contributed by atoms with E-state index < -0.39 is 0 Å². The average molecular weight is 444 g/mol. The Morgan fingerprint density at radius 3 is 2.52 bits per heavy atom. The van der Waals surface area contributed by atoms with Gasteiger partial charge < -0.3 is 19.9 Å². The Balaban J connectivity index is 1.47. The van der Waals surface area contributed by atoms with Crippen molar-refractivity contribution in [1.29, 1.82) is 0 Å². The van der Waals surface area contributed by atoms with Gasteiger partial charge in [0.25, 0.3) is 5.91 Å². The molecule has 7 nitrogen and oxygen atoms in total. The zero-order valence-electron chi connectivity index (χ0n) is 19.1. The third-order valence-corrected chi connectivity index (χ3v) is 6.15. The Hall–Kier alpha value is -3.45. The van der Waals surface area contributed by atoms with E-state index in [4.69, 9.17) is 14.7 Å². The molecule has 1 aromatic heterocycles. The van der Waals surface area contributed by atoms with Crippen LogP contribution in [0, 0.1) is 0 Å². The van der Waals surface area contributed by atoms with E-state index in [0.717, 1.165) is 17.7 Å². The highest BCUT2D eigenvalue weighted by Crippen LogP contribution is 2.32. The van der Waals surface area contributed by atoms with Crippen molar-refractivity contribution < 1.29 is 9.53 Å². The molecule has 7 heteroatoms. The number of ether oxygens (including phenoxy) is 1. The molecule has 2 aromatic carbocycles. The van der Waals surface area contributed by atoms with E-state index in [2.05, 4.69) is 52.7 Å². The lowest BCUT2D eigenvalue weighted by molar-refractivity contribution is 0.0726. The summed E-state index contributed by atoms with van der Waals surface area (Å²) in [6, 6.07) is 18.9. The Kier molecular flexibility index (Phi) is 5.96. The first-order valence-electron chi connectivity index (χ1n) is 11.5. The summed E-state index contributed by atoms with van der Waals surface area (Å²) >= 11 is 0. The SMILES string of the molecule is CC(C)N1Cc2c(Nc3cccc(Cc4ccccc4)c3)nc(N3CCOCC3)nc2C1=O. The number of hydrogen-bond acceptors (Lipinski definition) is 6.